The van der Waals surface area contributed by atoms with E-state index in [2.05, 4.69) is 52.1 Å². The summed E-state index contributed by atoms with van der Waals surface area (Å²) in [6.07, 6.45) is 0. The normalized spacial score (nSPS) is 14.3. The Labute approximate surface area is 109 Å². The molecule has 0 saturated carbocycles. The zero-order valence-electron chi connectivity index (χ0n) is 11.6. The molecule has 3 heteroatoms. The van der Waals surface area contributed by atoms with E-state index in [0.29, 0.717) is 5.92 Å². The number of thiophene rings is 1. The highest BCUT2D eigenvalue weighted by molar-refractivity contribution is 7.12. The predicted molar refractivity (Wildman–Crippen MR) is 75.6 cm³/mol. The molecule has 1 rings (SSSR count). The SMILES string of the molecule is CC(C)[C@@H](CO)NCc1ccc(C(C)(C)C)s1. The lowest BCUT2D eigenvalue weighted by molar-refractivity contribution is 0.210. The van der Waals surface area contributed by atoms with Crippen LogP contribution in [0.15, 0.2) is 12.1 Å². The topological polar surface area (TPSA) is 32.3 Å². The van der Waals surface area contributed by atoms with Crippen LogP contribution in [0.1, 0.15) is 44.4 Å². The van der Waals surface area contributed by atoms with Gasteiger partial charge in [-0.2, -0.15) is 0 Å². The maximum Gasteiger partial charge on any atom is 0.0587 e. The van der Waals surface area contributed by atoms with Gasteiger partial charge >= 0.3 is 0 Å². The minimum Gasteiger partial charge on any atom is -0.395 e. The van der Waals surface area contributed by atoms with E-state index in [1.54, 1.807) is 0 Å². The van der Waals surface area contributed by atoms with Crippen LogP contribution in [-0.2, 0) is 12.0 Å². The summed E-state index contributed by atoms with van der Waals surface area (Å²) in [6.45, 7) is 12.0. The van der Waals surface area contributed by atoms with Crippen LogP contribution in [0.25, 0.3) is 0 Å². The van der Waals surface area contributed by atoms with Gasteiger partial charge in [-0.3, -0.25) is 0 Å². The average molecular weight is 255 g/mol. The maximum atomic E-state index is 9.25. The zero-order chi connectivity index (χ0) is 13.1. The summed E-state index contributed by atoms with van der Waals surface area (Å²) in [5, 5.41) is 12.7. The fraction of sp³-hybridized carbons (Fsp3) is 0.714. The molecule has 0 saturated heterocycles. The van der Waals surface area contributed by atoms with E-state index in [0.717, 1.165) is 6.54 Å². The van der Waals surface area contributed by atoms with Crippen molar-refractivity contribution in [1.29, 1.82) is 0 Å². The van der Waals surface area contributed by atoms with E-state index in [1.807, 2.05) is 11.3 Å². The quantitative estimate of drug-likeness (QED) is 0.847. The van der Waals surface area contributed by atoms with E-state index in [-0.39, 0.29) is 18.1 Å². The van der Waals surface area contributed by atoms with Gasteiger partial charge in [0.15, 0.2) is 0 Å². The molecular weight excluding hydrogens is 230 g/mol. The zero-order valence-corrected chi connectivity index (χ0v) is 12.4. The van der Waals surface area contributed by atoms with Crippen LogP contribution in [0.5, 0.6) is 0 Å². The Morgan fingerprint density at radius 1 is 1.29 bits per heavy atom. The minimum absolute atomic E-state index is 0.190. The highest BCUT2D eigenvalue weighted by Crippen LogP contribution is 2.29. The molecule has 0 aromatic carbocycles. The van der Waals surface area contributed by atoms with Gasteiger partial charge in [-0.05, 0) is 23.5 Å². The largest absolute Gasteiger partial charge is 0.395 e. The molecule has 98 valence electrons. The summed E-state index contributed by atoms with van der Waals surface area (Å²) in [4.78, 5) is 2.76. The fourth-order valence-corrected chi connectivity index (χ4v) is 2.64. The van der Waals surface area contributed by atoms with Crippen molar-refractivity contribution in [2.45, 2.75) is 52.6 Å². The standard InChI is InChI=1S/C14H25NOS/c1-10(2)12(9-16)15-8-11-6-7-13(17-11)14(3,4)5/h6-7,10,12,15-16H,8-9H2,1-5H3/t12-/m1/s1. The van der Waals surface area contributed by atoms with Gasteiger partial charge in [0.1, 0.15) is 0 Å². The van der Waals surface area contributed by atoms with Gasteiger partial charge in [0.25, 0.3) is 0 Å². The van der Waals surface area contributed by atoms with Crippen LogP contribution in [0, 0.1) is 5.92 Å². The third kappa shape index (κ3) is 4.41. The molecule has 0 unspecified atom stereocenters. The van der Waals surface area contributed by atoms with Crippen LogP contribution in [0.3, 0.4) is 0 Å². The molecule has 1 heterocycles. The van der Waals surface area contributed by atoms with Crippen molar-refractivity contribution in [3.05, 3.63) is 21.9 Å². The molecule has 2 nitrogen and oxygen atoms in total. The van der Waals surface area contributed by atoms with E-state index < -0.39 is 0 Å². The molecule has 17 heavy (non-hydrogen) atoms. The van der Waals surface area contributed by atoms with Crippen molar-refractivity contribution in [2.75, 3.05) is 6.61 Å². The van der Waals surface area contributed by atoms with E-state index in [1.165, 1.54) is 9.75 Å². The lowest BCUT2D eigenvalue weighted by atomic mass is 9.95. The molecule has 0 amide bonds. The van der Waals surface area contributed by atoms with Crippen LogP contribution < -0.4 is 5.32 Å². The Balaban J connectivity index is 2.56. The molecular formula is C14H25NOS. The Morgan fingerprint density at radius 3 is 2.35 bits per heavy atom. The molecule has 0 radical (unpaired) electrons. The van der Waals surface area contributed by atoms with Crippen molar-refractivity contribution in [2.24, 2.45) is 5.92 Å². The van der Waals surface area contributed by atoms with Crippen LogP contribution in [0.4, 0.5) is 0 Å². The fourth-order valence-electron chi connectivity index (χ4n) is 1.62. The first-order valence-electron chi connectivity index (χ1n) is 6.28. The molecule has 0 aliphatic rings. The Bertz CT molecular complexity index is 338. The Kier molecular flexibility index (Phi) is 5.17. The van der Waals surface area contributed by atoms with Gasteiger partial charge in [-0.15, -0.1) is 11.3 Å². The second-order valence-corrected chi connectivity index (χ2v) is 7.10. The summed E-state index contributed by atoms with van der Waals surface area (Å²) in [5.41, 5.74) is 0.233. The summed E-state index contributed by atoms with van der Waals surface area (Å²) >= 11 is 1.86. The Hall–Kier alpha value is -0.380. The number of hydrogen-bond donors (Lipinski definition) is 2. The van der Waals surface area contributed by atoms with E-state index >= 15 is 0 Å². The third-order valence-corrected chi connectivity index (χ3v) is 4.45. The highest BCUT2D eigenvalue weighted by atomic mass is 32.1. The van der Waals surface area contributed by atoms with Crippen molar-refractivity contribution < 1.29 is 5.11 Å². The van der Waals surface area contributed by atoms with Gasteiger partial charge in [0.05, 0.1) is 6.61 Å². The van der Waals surface area contributed by atoms with Crippen molar-refractivity contribution >= 4 is 11.3 Å². The van der Waals surface area contributed by atoms with E-state index in [4.69, 9.17) is 0 Å². The van der Waals surface area contributed by atoms with Crippen molar-refractivity contribution in [1.82, 2.24) is 5.32 Å². The number of rotatable bonds is 5. The van der Waals surface area contributed by atoms with E-state index in [9.17, 15) is 5.11 Å². The summed E-state index contributed by atoms with van der Waals surface area (Å²) < 4.78 is 0. The van der Waals surface area contributed by atoms with Gasteiger partial charge in [-0.25, -0.2) is 0 Å². The Morgan fingerprint density at radius 2 is 1.94 bits per heavy atom. The van der Waals surface area contributed by atoms with Crippen LogP contribution >= 0.6 is 11.3 Å². The van der Waals surface area contributed by atoms with Gasteiger partial charge in [0, 0.05) is 22.3 Å². The van der Waals surface area contributed by atoms with Gasteiger partial charge in [0.2, 0.25) is 0 Å². The van der Waals surface area contributed by atoms with Crippen LogP contribution in [0.2, 0.25) is 0 Å². The number of aliphatic hydroxyl groups excluding tert-OH is 1. The van der Waals surface area contributed by atoms with Crippen molar-refractivity contribution in [3.8, 4) is 0 Å². The highest BCUT2D eigenvalue weighted by Gasteiger charge is 2.17. The second kappa shape index (κ2) is 5.98. The molecule has 1 atom stereocenters. The first-order valence-corrected chi connectivity index (χ1v) is 7.09. The van der Waals surface area contributed by atoms with Crippen molar-refractivity contribution in [3.63, 3.8) is 0 Å². The van der Waals surface area contributed by atoms with Gasteiger partial charge in [-0.1, -0.05) is 34.6 Å². The van der Waals surface area contributed by atoms with Gasteiger partial charge < -0.3 is 10.4 Å². The smallest absolute Gasteiger partial charge is 0.0587 e. The molecule has 0 aliphatic heterocycles. The summed E-state index contributed by atoms with van der Waals surface area (Å²) in [5.74, 6) is 0.460. The van der Waals surface area contributed by atoms with Crippen LogP contribution in [-0.4, -0.2) is 17.8 Å². The maximum absolute atomic E-state index is 9.25. The monoisotopic (exact) mass is 255 g/mol. The average Bonchev–Trinajstić information content (AvgIpc) is 2.66. The third-order valence-electron chi connectivity index (χ3n) is 2.94. The molecule has 0 fully saturated rings. The molecule has 1 aromatic heterocycles. The number of hydrogen-bond acceptors (Lipinski definition) is 3. The number of nitrogens with one attached hydrogen (secondary N) is 1. The molecule has 2 N–H and O–H groups in total. The first-order chi connectivity index (χ1) is 7.84. The summed E-state index contributed by atoms with van der Waals surface area (Å²) in [7, 11) is 0. The molecule has 1 aromatic rings. The minimum atomic E-state index is 0.190. The molecule has 0 bridgehead atoms. The lowest BCUT2D eigenvalue weighted by Gasteiger charge is -2.19. The lowest BCUT2D eigenvalue weighted by Crippen LogP contribution is -2.36. The molecule has 0 spiro atoms. The summed E-state index contributed by atoms with van der Waals surface area (Å²) in [6, 6.07) is 4.59. The molecule has 0 aliphatic carbocycles. The number of aliphatic hydroxyl groups is 1. The predicted octanol–water partition coefficient (Wildman–Crippen LogP) is 3.15. The first kappa shape index (κ1) is 14.7. The second-order valence-electron chi connectivity index (χ2n) is 5.93.